The second kappa shape index (κ2) is 18.0. The SMILES string of the molecule is CNC(=O)[C@H](Cc1ccccc1)NC(=O)[C@H](Cc1cnc[nH]1)NC(=O)[C@H](Cc1c(C)cc(O)cc1C)NC(=O)[C@H](N)CCCN=C(N)N. The largest absolute Gasteiger partial charge is 0.508 e. The number of aryl methyl sites for hydroxylation is 2. The molecule has 0 spiro atoms. The summed E-state index contributed by atoms with van der Waals surface area (Å²) in [7, 11) is 1.47. The molecule has 4 amide bonds. The van der Waals surface area contributed by atoms with Gasteiger partial charge in [0.1, 0.15) is 23.9 Å². The summed E-state index contributed by atoms with van der Waals surface area (Å²) < 4.78 is 0. The molecule has 0 aliphatic heterocycles. The van der Waals surface area contributed by atoms with E-state index in [2.05, 4.69) is 36.2 Å². The molecule has 15 nitrogen and oxygen atoms in total. The summed E-state index contributed by atoms with van der Waals surface area (Å²) in [4.78, 5) is 64.6. The Morgan fingerprint density at radius 1 is 0.875 bits per heavy atom. The first-order valence-electron chi connectivity index (χ1n) is 15.6. The van der Waals surface area contributed by atoms with Crippen molar-refractivity contribution in [2.24, 2.45) is 22.2 Å². The van der Waals surface area contributed by atoms with Crippen LogP contribution in [0, 0.1) is 13.8 Å². The molecule has 0 saturated heterocycles. The van der Waals surface area contributed by atoms with Crippen LogP contribution in [0.3, 0.4) is 0 Å². The smallest absolute Gasteiger partial charge is 0.243 e. The molecule has 3 aromatic rings. The van der Waals surface area contributed by atoms with Gasteiger partial charge in [-0.3, -0.25) is 24.2 Å². The summed E-state index contributed by atoms with van der Waals surface area (Å²) in [5.41, 5.74) is 20.4. The van der Waals surface area contributed by atoms with Crippen LogP contribution in [0.2, 0.25) is 0 Å². The second-order valence-electron chi connectivity index (χ2n) is 11.6. The minimum absolute atomic E-state index is 0.0195. The van der Waals surface area contributed by atoms with E-state index in [9.17, 15) is 24.3 Å². The van der Waals surface area contributed by atoms with Crippen LogP contribution in [0.25, 0.3) is 0 Å². The number of nitrogens with two attached hydrogens (primary N) is 3. The minimum Gasteiger partial charge on any atom is -0.508 e. The number of H-pyrrole nitrogens is 1. The summed E-state index contributed by atoms with van der Waals surface area (Å²) in [6, 6.07) is 8.13. The zero-order valence-electron chi connectivity index (χ0n) is 27.5. The van der Waals surface area contributed by atoms with Crippen molar-refractivity contribution < 1.29 is 24.3 Å². The van der Waals surface area contributed by atoms with E-state index in [1.807, 2.05) is 30.3 Å². The lowest BCUT2D eigenvalue weighted by Crippen LogP contribution is -2.59. The molecule has 4 atom stereocenters. The molecule has 0 aliphatic carbocycles. The summed E-state index contributed by atoms with van der Waals surface area (Å²) in [5.74, 6) is -2.25. The van der Waals surface area contributed by atoms with Crippen LogP contribution in [0.1, 0.15) is 40.8 Å². The van der Waals surface area contributed by atoms with Gasteiger partial charge in [-0.2, -0.15) is 0 Å². The Balaban J connectivity index is 1.87. The van der Waals surface area contributed by atoms with Gasteiger partial charge in [-0.05, 0) is 61.1 Å². The molecule has 3 rings (SSSR count). The normalized spacial score (nSPS) is 13.3. The molecule has 0 unspecified atom stereocenters. The highest BCUT2D eigenvalue weighted by molar-refractivity contribution is 5.95. The number of carbonyl (C=O) groups excluding carboxylic acids is 4. The van der Waals surface area contributed by atoms with Crippen molar-refractivity contribution in [2.75, 3.05) is 13.6 Å². The highest BCUT2D eigenvalue weighted by Crippen LogP contribution is 2.22. The maximum atomic E-state index is 14.0. The summed E-state index contributed by atoms with van der Waals surface area (Å²) in [5, 5.41) is 21.0. The van der Waals surface area contributed by atoms with Gasteiger partial charge in [0, 0.05) is 44.7 Å². The average Bonchev–Trinajstić information content (AvgIpc) is 3.56. The van der Waals surface area contributed by atoms with E-state index in [4.69, 9.17) is 17.2 Å². The van der Waals surface area contributed by atoms with Crippen molar-refractivity contribution in [3.05, 3.63) is 82.9 Å². The molecule has 1 aromatic heterocycles. The summed E-state index contributed by atoms with van der Waals surface area (Å²) in [6.07, 6.45) is 3.94. The fourth-order valence-electron chi connectivity index (χ4n) is 5.24. The fraction of sp³-hybridized carbons (Fsp3) is 0.394. The minimum atomic E-state index is -1.16. The van der Waals surface area contributed by atoms with Crippen LogP contribution in [0.5, 0.6) is 5.75 Å². The molecule has 0 saturated carbocycles. The van der Waals surface area contributed by atoms with Crippen LogP contribution < -0.4 is 38.5 Å². The van der Waals surface area contributed by atoms with Crippen molar-refractivity contribution in [1.29, 1.82) is 0 Å². The number of aliphatic imine (C=N–C) groups is 1. The standard InChI is InChI=1S/C33H46N10O5/c1-19-12-23(44)13-20(2)24(19)16-28(41-29(45)25(34)10-7-11-39-33(35)36)32(48)43-27(15-22-17-38-18-40-22)31(47)42-26(30(46)37-3)14-21-8-5-4-6-9-21/h4-6,8-9,12-13,17-18,25-28,44H,7,10-11,14-16,34H2,1-3H3,(H,37,46)(H,38,40)(H,41,45)(H,42,47)(H,43,48)(H4,35,36,39)/t25-,26+,27+,28+/m1/s1. The van der Waals surface area contributed by atoms with Gasteiger partial charge in [0.25, 0.3) is 0 Å². The molecule has 0 aliphatic rings. The Morgan fingerprint density at radius 2 is 1.46 bits per heavy atom. The monoisotopic (exact) mass is 662 g/mol. The van der Waals surface area contributed by atoms with Crippen LogP contribution in [0.4, 0.5) is 0 Å². The average molecular weight is 663 g/mol. The Kier molecular flexibility index (Phi) is 13.9. The van der Waals surface area contributed by atoms with E-state index in [0.717, 1.165) is 11.1 Å². The molecule has 15 heteroatoms. The second-order valence-corrected chi connectivity index (χ2v) is 11.6. The van der Waals surface area contributed by atoms with E-state index in [0.29, 0.717) is 23.2 Å². The van der Waals surface area contributed by atoms with Gasteiger partial charge in [0.2, 0.25) is 23.6 Å². The number of nitrogens with zero attached hydrogens (tertiary/aromatic N) is 2. The Hall–Kier alpha value is -5.44. The number of nitrogens with one attached hydrogen (secondary N) is 5. The number of phenols is 1. The molecular weight excluding hydrogens is 616 g/mol. The Bertz CT molecular complexity index is 1530. The van der Waals surface area contributed by atoms with Crippen molar-refractivity contribution in [3.8, 4) is 5.75 Å². The van der Waals surface area contributed by atoms with E-state index < -0.39 is 47.8 Å². The quantitative estimate of drug-likeness (QED) is 0.0504. The molecule has 0 radical (unpaired) electrons. The van der Waals surface area contributed by atoms with Gasteiger partial charge in [0.05, 0.1) is 12.4 Å². The molecule has 0 bridgehead atoms. The first-order valence-corrected chi connectivity index (χ1v) is 15.6. The number of imidazole rings is 1. The number of carbonyl (C=O) groups is 4. The van der Waals surface area contributed by atoms with Crippen LogP contribution in [-0.2, 0) is 38.4 Å². The van der Waals surface area contributed by atoms with Crippen molar-refractivity contribution >= 4 is 29.6 Å². The predicted molar refractivity (Wildman–Crippen MR) is 181 cm³/mol. The third-order valence-corrected chi connectivity index (χ3v) is 7.80. The van der Waals surface area contributed by atoms with Gasteiger partial charge in [-0.25, -0.2) is 4.98 Å². The third-order valence-electron chi connectivity index (χ3n) is 7.80. The van der Waals surface area contributed by atoms with Crippen molar-refractivity contribution in [3.63, 3.8) is 0 Å². The first-order chi connectivity index (χ1) is 22.9. The first kappa shape index (κ1) is 37.0. The number of rotatable bonds is 17. The maximum Gasteiger partial charge on any atom is 0.243 e. The molecule has 0 fully saturated rings. The number of likely N-dealkylation sites (N-methyl/N-ethyl adjacent to an activating group) is 1. The number of amides is 4. The van der Waals surface area contributed by atoms with E-state index in [-0.39, 0.29) is 43.9 Å². The molecule has 2 aromatic carbocycles. The zero-order valence-corrected chi connectivity index (χ0v) is 27.5. The molecular formula is C33H46N10O5. The summed E-state index contributed by atoms with van der Waals surface area (Å²) >= 11 is 0. The molecule has 48 heavy (non-hydrogen) atoms. The number of aromatic amines is 1. The lowest BCUT2D eigenvalue weighted by atomic mass is 9.95. The number of benzene rings is 2. The fourth-order valence-corrected chi connectivity index (χ4v) is 5.24. The third kappa shape index (κ3) is 11.4. The highest BCUT2D eigenvalue weighted by Gasteiger charge is 2.31. The van der Waals surface area contributed by atoms with E-state index in [1.165, 1.54) is 19.6 Å². The summed E-state index contributed by atoms with van der Waals surface area (Å²) in [6.45, 7) is 3.85. The van der Waals surface area contributed by atoms with Crippen LogP contribution in [0.15, 0.2) is 60.0 Å². The Labute approximate surface area is 279 Å². The molecule has 1 heterocycles. The van der Waals surface area contributed by atoms with Gasteiger partial charge < -0.3 is 48.6 Å². The molecule has 258 valence electrons. The molecule has 12 N–H and O–H groups in total. The number of guanidine groups is 1. The van der Waals surface area contributed by atoms with Gasteiger partial charge in [-0.1, -0.05) is 30.3 Å². The lowest BCUT2D eigenvalue weighted by molar-refractivity contribution is -0.133. The maximum absolute atomic E-state index is 14.0. The van der Waals surface area contributed by atoms with Crippen LogP contribution in [-0.4, -0.2) is 82.4 Å². The number of aromatic hydroxyl groups is 1. The van der Waals surface area contributed by atoms with Crippen LogP contribution >= 0.6 is 0 Å². The van der Waals surface area contributed by atoms with Crippen molar-refractivity contribution in [1.82, 2.24) is 31.2 Å². The van der Waals surface area contributed by atoms with E-state index in [1.54, 1.807) is 26.0 Å². The van der Waals surface area contributed by atoms with Gasteiger partial charge in [-0.15, -0.1) is 0 Å². The number of aromatic nitrogens is 2. The topological polar surface area (TPSA) is 256 Å². The lowest BCUT2D eigenvalue weighted by Gasteiger charge is -2.26. The number of hydrogen-bond acceptors (Lipinski definition) is 8. The highest BCUT2D eigenvalue weighted by atomic mass is 16.3. The predicted octanol–water partition coefficient (Wildman–Crippen LogP) is -0.659. The number of hydrogen-bond donors (Lipinski definition) is 9. The van der Waals surface area contributed by atoms with Gasteiger partial charge in [0.15, 0.2) is 5.96 Å². The van der Waals surface area contributed by atoms with Crippen molar-refractivity contribution in [2.45, 2.75) is 70.1 Å². The number of phenolic OH excluding ortho intramolecular Hbond substituents is 1. The Morgan fingerprint density at radius 3 is 2.02 bits per heavy atom. The zero-order chi connectivity index (χ0) is 35.2. The van der Waals surface area contributed by atoms with E-state index >= 15 is 0 Å². The van der Waals surface area contributed by atoms with Gasteiger partial charge >= 0.3 is 0 Å².